The van der Waals surface area contributed by atoms with E-state index in [1.54, 1.807) is 18.2 Å². The van der Waals surface area contributed by atoms with Crippen LogP contribution in [0.25, 0.3) is 0 Å². The third-order valence-corrected chi connectivity index (χ3v) is 3.47. The second-order valence-electron chi connectivity index (χ2n) is 5.10. The van der Waals surface area contributed by atoms with E-state index in [1.165, 1.54) is 13.3 Å². The van der Waals surface area contributed by atoms with E-state index in [2.05, 4.69) is 15.8 Å². The molecule has 3 N–H and O–H groups in total. The van der Waals surface area contributed by atoms with Crippen LogP contribution < -0.4 is 15.5 Å². The molecule has 0 aromatic heterocycles. The Kier molecular flexibility index (Phi) is 6.19. The van der Waals surface area contributed by atoms with Crippen LogP contribution in [0.1, 0.15) is 18.9 Å². The number of hydrazone groups is 1. The van der Waals surface area contributed by atoms with E-state index in [9.17, 15) is 9.90 Å². The summed E-state index contributed by atoms with van der Waals surface area (Å²) in [5.74, 6) is 0.0786. The van der Waals surface area contributed by atoms with Crippen molar-refractivity contribution in [3.8, 4) is 11.5 Å². The Bertz CT molecular complexity index is 702. The Labute approximate surface area is 141 Å². The molecule has 6 heteroatoms. The first-order valence-corrected chi connectivity index (χ1v) is 7.66. The maximum atomic E-state index is 12.2. The molecule has 24 heavy (non-hydrogen) atoms. The van der Waals surface area contributed by atoms with Gasteiger partial charge < -0.3 is 15.2 Å². The minimum Gasteiger partial charge on any atom is -0.504 e. The van der Waals surface area contributed by atoms with Gasteiger partial charge in [0.2, 0.25) is 0 Å². The lowest BCUT2D eigenvalue weighted by molar-refractivity contribution is -0.121. The Hall–Kier alpha value is -3.02. The number of nitrogens with one attached hydrogen (secondary N) is 2. The summed E-state index contributed by atoms with van der Waals surface area (Å²) in [7, 11) is 1.47. The summed E-state index contributed by atoms with van der Waals surface area (Å²) in [6.45, 7) is 1.91. The molecule has 1 atom stereocenters. The van der Waals surface area contributed by atoms with Crippen LogP contribution in [-0.2, 0) is 4.79 Å². The molecule has 1 amide bonds. The summed E-state index contributed by atoms with van der Waals surface area (Å²) in [4.78, 5) is 12.2. The summed E-state index contributed by atoms with van der Waals surface area (Å²) < 4.78 is 5.03. The van der Waals surface area contributed by atoms with Gasteiger partial charge in [-0.15, -0.1) is 0 Å². The molecule has 2 aromatic rings. The number of phenolic OH excluding ortho intramolecular Hbond substituents is 1. The van der Waals surface area contributed by atoms with Gasteiger partial charge in [-0.2, -0.15) is 5.10 Å². The van der Waals surface area contributed by atoms with E-state index in [0.717, 1.165) is 5.69 Å². The van der Waals surface area contributed by atoms with Crippen LogP contribution in [0.3, 0.4) is 0 Å². The fourth-order valence-electron chi connectivity index (χ4n) is 2.14. The van der Waals surface area contributed by atoms with Crippen molar-refractivity contribution >= 4 is 17.8 Å². The number of ether oxygens (including phenoxy) is 1. The molecule has 0 unspecified atom stereocenters. The molecular formula is C18H21N3O3. The largest absolute Gasteiger partial charge is 0.504 e. The summed E-state index contributed by atoms with van der Waals surface area (Å²) in [6, 6.07) is 14.2. The van der Waals surface area contributed by atoms with E-state index < -0.39 is 6.04 Å². The minimum atomic E-state index is -0.400. The molecule has 0 aliphatic heterocycles. The lowest BCUT2D eigenvalue weighted by Gasteiger charge is -2.16. The monoisotopic (exact) mass is 327 g/mol. The highest BCUT2D eigenvalue weighted by Crippen LogP contribution is 2.27. The Balaban J connectivity index is 1.98. The number of hydrogen-bond donors (Lipinski definition) is 3. The van der Waals surface area contributed by atoms with Crippen LogP contribution >= 0.6 is 0 Å². The highest BCUT2D eigenvalue weighted by Gasteiger charge is 2.15. The van der Waals surface area contributed by atoms with Crippen molar-refractivity contribution in [3.63, 3.8) is 0 Å². The molecular weight excluding hydrogens is 306 g/mol. The third kappa shape index (κ3) is 4.49. The van der Waals surface area contributed by atoms with E-state index in [0.29, 0.717) is 17.7 Å². The SMILES string of the molecule is CC[C@H](Nc1ccccc1)C(=O)N/N=C\c1cccc(OC)c1O. The summed E-state index contributed by atoms with van der Waals surface area (Å²) in [5.41, 5.74) is 3.81. The van der Waals surface area contributed by atoms with Gasteiger partial charge in [-0.3, -0.25) is 4.79 Å². The van der Waals surface area contributed by atoms with Crippen molar-refractivity contribution in [2.24, 2.45) is 5.10 Å². The van der Waals surface area contributed by atoms with Crippen LogP contribution in [0.15, 0.2) is 53.6 Å². The Morgan fingerprint density at radius 3 is 2.67 bits per heavy atom. The first kappa shape index (κ1) is 17.3. The third-order valence-electron chi connectivity index (χ3n) is 3.47. The standard InChI is InChI=1S/C18H21N3O3/c1-3-15(20-14-9-5-4-6-10-14)18(23)21-19-12-13-8-7-11-16(24-2)17(13)22/h4-12,15,20,22H,3H2,1-2H3,(H,21,23)/b19-12-/t15-/m0/s1. The van der Waals surface area contributed by atoms with Gasteiger partial charge >= 0.3 is 0 Å². The van der Waals surface area contributed by atoms with Gasteiger partial charge in [-0.1, -0.05) is 31.2 Å². The molecule has 0 saturated carbocycles. The lowest BCUT2D eigenvalue weighted by atomic mass is 10.2. The summed E-state index contributed by atoms with van der Waals surface area (Å²) in [6.07, 6.45) is 1.99. The van der Waals surface area contributed by atoms with Gasteiger partial charge in [0.15, 0.2) is 11.5 Å². The zero-order valence-corrected chi connectivity index (χ0v) is 13.7. The zero-order valence-electron chi connectivity index (χ0n) is 13.7. The Morgan fingerprint density at radius 2 is 2.00 bits per heavy atom. The number of benzene rings is 2. The number of carbonyl (C=O) groups is 1. The predicted octanol–water partition coefficient (Wildman–Crippen LogP) is 2.74. The Morgan fingerprint density at radius 1 is 1.25 bits per heavy atom. The van der Waals surface area contributed by atoms with E-state index in [-0.39, 0.29) is 11.7 Å². The van der Waals surface area contributed by atoms with Crippen molar-refractivity contribution in [2.45, 2.75) is 19.4 Å². The zero-order chi connectivity index (χ0) is 17.4. The van der Waals surface area contributed by atoms with Crippen molar-refractivity contribution in [3.05, 3.63) is 54.1 Å². The second-order valence-corrected chi connectivity index (χ2v) is 5.10. The number of carbonyl (C=O) groups excluding carboxylic acids is 1. The topological polar surface area (TPSA) is 83.0 Å². The fraction of sp³-hybridized carbons (Fsp3) is 0.222. The molecule has 6 nitrogen and oxygen atoms in total. The molecule has 0 bridgehead atoms. The lowest BCUT2D eigenvalue weighted by Crippen LogP contribution is -2.36. The number of para-hydroxylation sites is 2. The maximum Gasteiger partial charge on any atom is 0.262 e. The van der Waals surface area contributed by atoms with Crippen LogP contribution in [0.5, 0.6) is 11.5 Å². The first-order valence-electron chi connectivity index (χ1n) is 7.66. The van der Waals surface area contributed by atoms with Gasteiger partial charge in [0.25, 0.3) is 5.91 Å². The number of methoxy groups -OCH3 is 1. The highest BCUT2D eigenvalue weighted by molar-refractivity contribution is 5.88. The van der Waals surface area contributed by atoms with E-state index in [1.807, 2.05) is 37.3 Å². The molecule has 0 radical (unpaired) electrons. The number of rotatable bonds is 7. The quantitative estimate of drug-likeness (QED) is 0.539. The number of hydrogen-bond acceptors (Lipinski definition) is 5. The number of aromatic hydroxyl groups is 1. The maximum absolute atomic E-state index is 12.2. The van der Waals surface area contributed by atoms with Crippen LogP contribution in [0.2, 0.25) is 0 Å². The van der Waals surface area contributed by atoms with Gasteiger partial charge in [-0.05, 0) is 30.7 Å². The molecule has 0 saturated heterocycles. The smallest absolute Gasteiger partial charge is 0.262 e. The van der Waals surface area contributed by atoms with Gasteiger partial charge in [-0.25, -0.2) is 5.43 Å². The average molecular weight is 327 g/mol. The van der Waals surface area contributed by atoms with Crippen molar-refractivity contribution in [2.75, 3.05) is 12.4 Å². The minimum absolute atomic E-state index is 0.0209. The van der Waals surface area contributed by atoms with Crippen LogP contribution in [-0.4, -0.2) is 30.4 Å². The number of anilines is 1. The van der Waals surface area contributed by atoms with E-state index >= 15 is 0 Å². The highest BCUT2D eigenvalue weighted by atomic mass is 16.5. The second kappa shape index (κ2) is 8.57. The number of phenols is 1. The molecule has 0 spiro atoms. The molecule has 0 aliphatic carbocycles. The number of nitrogens with zero attached hydrogens (tertiary/aromatic N) is 1. The van der Waals surface area contributed by atoms with Crippen LogP contribution in [0.4, 0.5) is 5.69 Å². The average Bonchev–Trinajstić information content (AvgIpc) is 2.62. The molecule has 2 rings (SSSR count). The van der Waals surface area contributed by atoms with E-state index in [4.69, 9.17) is 4.74 Å². The summed E-state index contributed by atoms with van der Waals surface area (Å²) >= 11 is 0. The normalized spacial score (nSPS) is 11.9. The van der Waals surface area contributed by atoms with Gasteiger partial charge in [0.05, 0.1) is 13.3 Å². The molecule has 0 aliphatic rings. The molecule has 126 valence electrons. The predicted molar refractivity (Wildman–Crippen MR) is 94.5 cm³/mol. The molecule has 0 fully saturated rings. The molecule has 0 heterocycles. The fourth-order valence-corrected chi connectivity index (χ4v) is 2.14. The van der Waals surface area contributed by atoms with Gasteiger partial charge in [0, 0.05) is 11.3 Å². The van der Waals surface area contributed by atoms with Crippen LogP contribution in [0, 0.1) is 0 Å². The number of amides is 1. The summed E-state index contributed by atoms with van der Waals surface area (Å²) in [5, 5.41) is 17.0. The van der Waals surface area contributed by atoms with Crippen molar-refractivity contribution in [1.29, 1.82) is 0 Å². The first-order chi connectivity index (χ1) is 11.7. The van der Waals surface area contributed by atoms with Crippen molar-refractivity contribution < 1.29 is 14.6 Å². The van der Waals surface area contributed by atoms with Crippen molar-refractivity contribution in [1.82, 2.24) is 5.43 Å². The van der Waals surface area contributed by atoms with Gasteiger partial charge in [0.1, 0.15) is 6.04 Å². The molecule has 2 aromatic carbocycles.